The van der Waals surface area contributed by atoms with Crippen LogP contribution in [0, 0.1) is 0 Å². The van der Waals surface area contributed by atoms with E-state index in [-0.39, 0.29) is 0 Å². The van der Waals surface area contributed by atoms with E-state index in [4.69, 9.17) is 14.7 Å². The molecule has 298 valence electrons. The molecule has 3 heterocycles. The Labute approximate surface area is 377 Å². The van der Waals surface area contributed by atoms with Crippen molar-refractivity contribution in [3.63, 3.8) is 0 Å². The first-order valence-electron chi connectivity index (χ1n) is 21.6. The van der Waals surface area contributed by atoms with Gasteiger partial charge in [-0.05, 0) is 104 Å². The number of nitrogens with zero attached hydrogens (tertiary/aromatic N) is 2. The van der Waals surface area contributed by atoms with Gasteiger partial charge in [0.25, 0.3) is 0 Å². The lowest BCUT2D eigenvalue weighted by Gasteiger charge is -2.39. The summed E-state index contributed by atoms with van der Waals surface area (Å²) in [4.78, 5) is 10.6. The molecule has 1 aliphatic carbocycles. The molecule has 10 aromatic carbocycles. The smallest absolute Gasteiger partial charge is 0.132 e. The molecule has 0 saturated carbocycles. The van der Waals surface area contributed by atoms with Crippen molar-refractivity contribution in [1.82, 2.24) is 9.97 Å². The number of fused-ring (bicyclic) bond motifs is 15. The van der Waals surface area contributed by atoms with Crippen LogP contribution in [0.4, 0.5) is 0 Å². The number of para-hydroxylation sites is 2. The van der Waals surface area contributed by atoms with Crippen LogP contribution < -0.4 is 4.74 Å². The SMILES string of the molecule is c1ccc2c(c1)Oc1ccccc1C21c2ccccc2-c2ccc(-c3ccc(-c4cc(-c5nc6c(ccc7ccccc76)s5)cc(-c5nc6c(ccc7ccccc76)s5)c4)cc3)cc21. The van der Waals surface area contributed by atoms with Gasteiger partial charge >= 0.3 is 0 Å². The predicted molar refractivity (Wildman–Crippen MR) is 267 cm³/mol. The zero-order valence-electron chi connectivity index (χ0n) is 34.2. The average molecular weight is 851 g/mol. The number of rotatable bonds is 4. The van der Waals surface area contributed by atoms with Gasteiger partial charge in [0.15, 0.2) is 0 Å². The van der Waals surface area contributed by atoms with E-state index in [0.717, 1.165) is 54.8 Å². The highest BCUT2D eigenvalue weighted by Crippen LogP contribution is 2.62. The maximum Gasteiger partial charge on any atom is 0.132 e. The fourth-order valence-corrected chi connectivity index (χ4v) is 12.4. The van der Waals surface area contributed by atoms with Crippen molar-refractivity contribution in [2.45, 2.75) is 5.41 Å². The highest BCUT2D eigenvalue weighted by Gasteiger charge is 2.51. The summed E-state index contributed by atoms with van der Waals surface area (Å²) in [6.07, 6.45) is 0. The van der Waals surface area contributed by atoms with Crippen molar-refractivity contribution in [2.24, 2.45) is 0 Å². The van der Waals surface area contributed by atoms with Crippen LogP contribution in [-0.2, 0) is 5.41 Å². The van der Waals surface area contributed by atoms with Crippen LogP contribution in [0.15, 0.2) is 206 Å². The molecule has 0 N–H and O–H groups in total. The van der Waals surface area contributed by atoms with Crippen LogP contribution in [0.1, 0.15) is 22.3 Å². The van der Waals surface area contributed by atoms with Gasteiger partial charge in [-0.15, -0.1) is 22.7 Å². The van der Waals surface area contributed by atoms with Crippen molar-refractivity contribution in [3.05, 3.63) is 229 Å². The van der Waals surface area contributed by atoms with Gasteiger partial charge in [0.1, 0.15) is 21.5 Å². The van der Waals surface area contributed by atoms with Crippen LogP contribution in [0.25, 0.3) is 96.5 Å². The Balaban J connectivity index is 0.912. The van der Waals surface area contributed by atoms with Gasteiger partial charge in [0.2, 0.25) is 0 Å². The Kier molecular flexibility index (Phi) is 7.65. The molecule has 2 aliphatic rings. The monoisotopic (exact) mass is 850 g/mol. The normalized spacial score (nSPS) is 13.2. The summed E-state index contributed by atoms with van der Waals surface area (Å²) in [5.74, 6) is 1.80. The van der Waals surface area contributed by atoms with E-state index in [1.165, 1.54) is 75.5 Å². The van der Waals surface area contributed by atoms with Crippen LogP contribution in [-0.4, -0.2) is 9.97 Å². The third kappa shape index (κ3) is 5.20. The summed E-state index contributed by atoms with van der Waals surface area (Å²) in [5.41, 5.74) is 15.8. The van der Waals surface area contributed by atoms with Crippen molar-refractivity contribution >= 4 is 64.7 Å². The molecule has 2 aromatic heterocycles. The quantitative estimate of drug-likeness (QED) is 0.177. The summed E-state index contributed by atoms with van der Waals surface area (Å²) in [7, 11) is 0. The summed E-state index contributed by atoms with van der Waals surface area (Å²) in [6.45, 7) is 0. The Bertz CT molecular complexity index is 3720. The molecule has 5 heteroatoms. The predicted octanol–water partition coefficient (Wildman–Crippen LogP) is 16.3. The molecule has 3 nitrogen and oxygen atoms in total. The van der Waals surface area contributed by atoms with Crippen LogP contribution >= 0.6 is 22.7 Å². The van der Waals surface area contributed by atoms with Crippen LogP contribution in [0.2, 0.25) is 0 Å². The van der Waals surface area contributed by atoms with Gasteiger partial charge < -0.3 is 4.74 Å². The van der Waals surface area contributed by atoms with Gasteiger partial charge in [-0.25, -0.2) is 9.97 Å². The van der Waals surface area contributed by atoms with Crippen LogP contribution in [0.5, 0.6) is 11.5 Å². The topological polar surface area (TPSA) is 35.0 Å². The second kappa shape index (κ2) is 13.6. The zero-order valence-corrected chi connectivity index (χ0v) is 35.9. The van der Waals surface area contributed by atoms with E-state index in [9.17, 15) is 0 Å². The van der Waals surface area contributed by atoms with Crippen molar-refractivity contribution in [2.75, 3.05) is 0 Å². The fourth-order valence-electron chi connectivity index (χ4n) is 10.5. The third-order valence-corrected chi connectivity index (χ3v) is 15.5. The van der Waals surface area contributed by atoms with Gasteiger partial charge in [0.05, 0.1) is 25.8 Å². The number of thiazole rings is 2. The molecule has 0 amide bonds. The van der Waals surface area contributed by atoms with E-state index in [1.54, 1.807) is 22.7 Å². The minimum Gasteiger partial charge on any atom is -0.457 e. The molecule has 0 saturated heterocycles. The molecular formula is C59H34N2OS2. The molecule has 0 unspecified atom stereocenters. The number of benzene rings is 10. The van der Waals surface area contributed by atoms with Crippen molar-refractivity contribution in [3.8, 4) is 66.0 Å². The second-order valence-corrected chi connectivity index (χ2v) is 18.9. The Morgan fingerprint density at radius 1 is 0.344 bits per heavy atom. The maximum absolute atomic E-state index is 6.60. The van der Waals surface area contributed by atoms with Gasteiger partial charge in [-0.1, -0.05) is 158 Å². The molecule has 0 bridgehead atoms. The van der Waals surface area contributed by atoms with E-state index in [0.29, 0.717) is 0 Å². The lowest BCUT2D eigenvalue weighted by Crippen LogP contribution is -2.32. The van der Waals surface area contributed by atoms with Crippen molar-refractivity contribution < 1.29 is 4.74 Å². The van der Waals surface area contributed by atoms with Gasteiger partial charge in [0, 0.05) is 33.0 Å². The summed E-state index contributed by atoms with van der Waals surface area (Å²) in [5, 5.41) is 6.77. The summed E-state index contributed by atoms with van der Waals surface area (Å²) in [6, 6.07) is 74.9. The molecule has 0 radical (unpaired) electrons. The molecule has 0 fully saturated rings. The maximum atomic E-state index is 6.60. The highest BCUT2D eigenvalue weighted by atomic mass is 32.1. The molecule has 1 spiro atoms. The van der Waals surface area contributed by atoms with Crippen molar-refractivity contribution in [1.29, 1.82) is 0 Å². The molecule has 14 rings (SSSR count). The summed E-state index contributed by atoms with van der Waals surface area (Å²) < 4.78 is 8.96. The first kappa shape index (κ1) is 35.9. The number of ether oxygens (including phenoxy) is 1. The minimum absolute atomic E-state index is 0.510. The van der Waals surface area contributed by atoms with Gasteiger partial charge in [-0.3, -0.25) is 0 Å². The summed E-state index contributed by atoms with van der Waals surface area (Å²) >= 11 is 3.50. The van der Waals surface area contributed by atoms with E-state index in [1.807, 2.05) is 0 Å². The fraction of sp³-hybridized carbons (Fsp3) is 0.0169. The lowest BCUT2D eigenvalue weighted by molar-refractivity contribution is 0.436. The minimum atomic E-state index is -0.510. The molecule has 0 atom stereocenters. The number of hydrogen-bond acceptors (Lipinski definition) is 5. The van der Waals surface area contributed by atoms with E-state index < -0.39 is 5.41 Å². The Hall–Kier alpha value is -7.70. The number of hydrogen-bond donors (Lipinski definition) is 0. The highest BCUT2D eigenvalue weighted by molar-refractivity contribution is 7.22. The number of aromatic nitrogens is 2. The Morgan fingerprint density at radius 3 is 1.42 bits per heavy atom. The lowest BCUT2D eigenvalue weighted by atomic mass is 9.66. The Morgan fingerprint density at radius 2 is 0.812 bits per heavy atom. The first-order chi connectivity index (χ1) is 31.7. The standard InChI is InChI=1S/C59H34N2OS2/c1-3-13-43-37(11-1)26-29-53-55(43)60-57(63-53)41-31-40(32-42(33-41)58-61-56-44-14-4-2-12-38(44)27-30-54(56)64-58)36-23-21-35(22-24-36)39-25-28-46-45-15-5-6-16-47(45)59(50(46)34-39)48-17-7-9-19-51(48)62-52-20-10-8-18-49(52)59/h1-34H. The van der Waals surface area contributed by atoms with E-state index in [2.05, 4.69) is 206 Å². The zero-order chi connectivity index (χ0) is 41.9. The molecule has 64 heavy (non-hydrogen) atoms. The second-order valence-electron chi connectivity index (χ2n) is 16.8. The largest absolute Gasteiger partial charge is 0.457 e. The molecule has 1 aliphatic heterocycles. The van der Waals surface area contributed by atoms with E-state index >= 15 is 0 Å². The molecule has 12 aromatic rings. The first-order valence-corrected chi connectivity index (χ1v) is 23.3. The third-order valence-electron chi connectivity index (χ3n) is 13.4. The average Bonchev–Trinajstić information content (AvgIpc) is 4.08. The van der Waals surface area contributed by atoms with Crippen LogP contribution in [0.3, 0.4) is 0 Å². The molecular weight excluding hydrogens is 817 g/mol. The van der Waals surface area contributed by atoms with Gasteiger partial charge in [-0.2, -0.15) is 0 Å².